The molecule has 1 saturated carbocycles. The van der Waals surface area contributed by atoms with Gasteiger partial charge in [-0.2, -0.15) is 11.8 Å². The van der Waals surface area contributed by atoms with Crippen molar-refractivity contribution in [3.8, 4) is 0 Å². The van der Waals surface area contributed by atoms with E-state index in [0.717, 1.165) is 6.54 Å². The third-order valence-corrected chi connectivity index (χ3v) is 5.32. The van der Waals surface area contributed by atoms with Crippen molar-refractivity contribution in [1.29, 1.82) is 0 Å². The fourth-order valence-electron chi connectivity index (χ4n) is 2.54. The second kappa shape index (κ2) is 6.52. The molecule has 2 rings (SSSR count). The Balaban J connectivity index is 2.07. The number of rotatable bonds is 5. The summed E-state index contributed by atoms with van der Waals surface area (Å²) in [4.78, 5) is 8.78. The largest absolute Gasteiger partial charge is 0.388 e. The smallest absolute Gasteiger partial charge is 0.155 e. The van der Waals surface area contributed by atoms with Gasteiger partial charge in [0.1, 0.15) is 10.7 Å². The first kappa shape index (κ1) is 14.5. The lowest BCUT2D eigenvalue weighted by Gasteiger charge is -2.36. The van der Waals surface area contributed by atoms with Crippen molar-refractivity contribution in [1.82, 2.24) is 9.97 Å². The summed E-state index contributed by atoms with van der Waals surface area (Å²) in [6.45, 7) is 0.891. The minimum Gasteiger partial charge on any atom is -0.388 e. The highest BCUT2D eigenvalue weighted by Crippen LogP contribution is 2.38. The van der Waals surface area contributed by atoms with Gasteiger partial charge in [0, 0.05) is 23.7 Å². The molecule has 0 aliphatic heterocycles. The van der Waals surface area contributed by atoms with Gasteiger partial charge in [0.15, 0.2) is 5.82 Å². The first-order valence-electron chi connectivity index (χ1n) is 6.57. The van der Waals surface area contributed by atoms with Crippen LogP contribution in [0.15, 0.2) is 12.4 Å². The van der Waals surface area contributed by atoms with Gasteiger partial charge in [-0.25, -0.2) is 9.97 Å². The van der Waals surface area contributed by atoms with Crippen LogP contribution in [0.25, 0.3) is 0 Å². The first-order valence-corrected chi connectivity index (χ1v) is 8.20. The Bertz CT molecular complexity index is 444. The van der Waals surface area contributed by atoms with Crippen molar-refractivity contribution >= 4 is 34.8 Å². The number of nitrogens with zero attached hydrogens (tertiary/aromatic N) is 2. The predicted molar refractivity (Wildman–Crippen MR) is 85.7 cm³/mol. The number of thioether (sulfide) groups is 1. The molecule has 0 spiro atoms. The highest BCUT2D eigenvalue weighted by atomic mass is 32.2. The van der Waals surface area contributed by atoms with Crippen LogP contribution in [0.5, 0.6) is 0 Å². The van der Waals surface area contributed by atoms with Gasteiger partial charge in [-0.1, -0.05) is 31.5 Å². The van der Waals surface area contributed by atoms with E-state index in [1.165, 1.54) is 32.1 Å². The normalized spacial score (nSPS) is 17.9. The van der Waals surface area contributed by atoms with E-state index in [4.69, 9.17) is 18.0 Å². The molecule has 0 saturated heterocycles. The molecule has 3 N–H and O–H groups in total. The average Bonchev–Trinajstić information content (AvgIpc) is 2.46. The highest BCUT2D eigenvalue weighted by molar-refractivity contribution is 8.00. The minimum atomic E-state index is 0.289. The second-order valence-corrected chi connectivity index (χ2v) is 6.63. The summed E-state index contributed by atoms with van der Waals surface area (Å²) in [6.07, 6.45) is 12.0. The Morgan fingerprint density at radius 3 is 2.68 bits per heavy atom. The molecular weight excluding hydrogens is 276 g/mol. The lowest BCUT2D eigenvalue weighted by Crippen LogP contribution is -2.36. The quantitative estimate of drug-likeness (QED) is 0.814. The van der Waals surface area contributed by atoms with E-state index >= 15 is 0 Å². The zero-order valence-corrected chi connectivity index (χ0v) is 12.8. The zero-order chi connectivity index (χ0) is 13.7. The van der Waals surface area contributed by atoms with E-state index in [1.54, 1.807) is 12.4 Å². The Labute approximate surface area is 124 Å². The zero-order valence-electron chi connectivity index (χ0n) is 11.2. The Hall–Kier alpha value is -0.880. The fourth-order valence-corrected chi connectivity index (χ4v) is 3.60. The molecule has 0 aromatic carbocycles. The van der Waals surface area contributed by atoms with Crippen molar-refractivity contribution in [3.63, 3.8) is 0 Å². The molecule has 0 atom stereocenters. The average molecular weight is 296 g/mol. The SMILES string of the molecule is CSC1(CNc2nccnc2C(N)=S)CCCCC1. The number of thiocarbonyl (C=S) groups is 1. The highest BCUT2D eigenvalue weighted by Gasteiger charge is 2.31. The van der Waals surface area contributed by atoms with Crippen LogP contribution in [-0.4, -0.2) is 32.5 Å². The molecule has 6 heteroatoms. The van der Waals surface area contributed by atoms with Crippen LogP contribution in [0.4, 0.5) is 5.82 Å². The molecule has 1 aliphatic rings. The van der Waals surface area contributed by atoms with E-state index in [1.807, 2.05) is 11.8 Å². The van der Waals surface area contributed by atoms with Gasteiger partial charge in [-0.3, -0.25) is 0 Å². The van der Waals surface area contributed by atoms with Gasteiger partial charge in [0.2, 0.25) is 0 Å². The van der Waals surface area contributed by atoms with Crippen molar-refractivity contribution in [3.05, 3.63) is 18.1 Å². The molecule has 0 bridgehead atoms. The first-order chi connectivity index (χ1) is 9.17. The third kappa shape index (κ3) is 3.57. The number of nitrogens with two attached hydrogens (primary N) is 1. The lowest BCUT2D eigenvalue weighted by atomic mass is 9.88. The van der Waals surface area contributed by atoms with Gasteiger partial charge in [-0.05, 0) is 19.1 Å². The summed E-state index contributed by atoms with van der Waals surface area (Å²) in [5.41, 5.74) is 6.26. The van der Waals surface area contributed by atoms with Gasteiger partial charge < -0.3 is 11.1 Å². The molecule has 0 amide bonds. The van der Waals surface area contributed by atoms with Crippen LogP contribution in [0.3, 0.4) is 0 Å². The number of aromatic nitrogens is 2. The van der Waals surface area contributed by atoms with E-state index < -0.39 is 0 Å². The van der Waals surface area contributed by atoms with Crippen LogP contribution < -0.4 is 11.1 Å². The van der Waals surface area contributed by atoms with Crippen LogP contribution in [0.2, 0.25) is 0 Å². The molecule has 1 aromatic rings. The third-order valence-electron chi connectivity index (χ3n) is 3.71. The number of anilines is 1. The maximum Gasteiger partial charge on any atom is 0.155 e. The molecule has 1 fully saturated rings. The molecule has 0 unspecified atom stereocenters. The van der Waals surface area contributed by atoms with Crippen molar-refractivity contribution in [2.24, 2.45) is 5.73 Å². The van der Waals surface area contributed by atoms with Crippen LogP contribution >= 0.6 is 24.0 Å². The molecular formula is C13H20N4S2. The Kier molecular flexibility index (Phi) is 4.99. The van der Waals surface area contributed by atoms with Gasteiger partial charge >= 0.3 is 0 Å². The fraction of sp³-hybridized carbons (Fsp3) is 0.615. The van der Waals surface area contributed by atoms with Gasteiger partial charge in [0.05, 0.1) is 0 Å². The molecule has 19 heavy (non-hydrogen) atoms. The molecule has 104 valence electrons. The number of hydrogen-bond donors (Lipinski definition) is 2. The van der Waals surface area contributed by atoms with E-state index in [2.05, 4.69) is 21.5 Å². The number of hydrogen-bond acceptors (Lipinski definition) is 5. The van der Waals surface area contributed by atoms with Gasteiger partial charge in [0.25, 0.3) is 0 Å². The lowest BCUT2D eigenvalue weighted by molar-refractivity contribution is 0.411. The standard InChI is InChI=1S/C13H20N4S2/c1-19-13(5-3-2-4-6-13)9-17-12-10(11(14)18)15-7-8-16-12/h7-8H,2-6,9H2,1H3,(H2,14,18)(H,16,17). The van der Waals surface area contributed by atoms with Crippen LogP contribution in [0, 0.1) is 0 Å². The van der Waals surface area contributed by atoms with E-state index in [9.17, 15) is 0 Å². The minimum absolute atomic E-state index is 0.289. The monoisotopic (exact) mass is 296 g/mol. The van der Waals surface area contributed by atoms with E-state index in [0.29, 0.717) is 16.3 Å². The Morgan fingerprint density at radius 2 is 2.05 bits per heavy atom. The topological polar surface area (TPSA) is 63.8 Å². The van der Waals surface area contributed by atoms with Crippen LogP contribution in [-0.2, 0) is 0 Å². The summed E-state index contributed by atoms with van der Waals surface area (Å²) in [5, 5.41) is 3.39. The predicted octanol–water partition coefficient (Wildman–Crippen LogP) is 2.59. The molecule has 1 aliphatic carbocycles. The van der Waals surface area contributed by atoms with Gasteiger partial charge in [-0.15, -0.1) is 0 Å². The van der Waals surface area contributed by atoms with E-state index in [-0.39, 0.29) is 4.99 Å². The van der Waals surface area contributed by atoms with Crippen molar-refractivity contribution < 1.29 is 0 Å². The molecule has 4 nitrogen and oxygen atoms in total. The molecule has 1 heterocycles. The summed E-state index contributed by atoms with van der Waals surface area (Å²) >= 11 is 6.96. The van der Waals surface area contributed by atoms with Crippen molar-refractivity contribution in [2.75, 3.05) is 18.1 Å². The summed E-state index contributed by atoms with van der Waals surface area (Å²) in [7, 11) is 0. The molecule has 0 radical (unpaired) electrons. The Morgan fingerprint density at radius 1 is 1.37 bits per heavy atom. The second-order valence-electron chi connectivity index (χ2n) is 4.92. The van der Waals surface area contributed by atoms with Crippen LogP contribution in [0.1, 0.15) is 37.8 Å². The molecule has 1 aromatic heterocycles. The summed E-state index contributed by atoms with van der Waals surface area (Å²) < 4.78 is 0.309. The maximum atomic E-state index is 5.67. The summed E-state index contributed by atoms with van der Waals surface area (Å²) in [6, 6.07) is 0. The number of nitrogens with one attached hydrogen (secondary N) is 1. The maximum absolute atomic E-state index is 5.67. The van der Waals surface area contributed by atoms with Crippen molar-refractivity contribution in [2.45, 2.75) is 36.9 Å². The summed E-state index contributed by atoms with van der Waals surface area (Å²) in [5.74, 6) is 0.703.